The van der Waals surface area contributed by atoms with E-state index in [1.54, 1.807) is 6.92 Å². The molecule has 1 aliphatic rings. The van der Waals surface area contributed by atoms with Crippen LogP contribution in [0.2, 0.25) is 0 Å². The highest BCUT2D eigenvalue weighted by molar-refractivity contribution is 7.89. The van der Waals surface area contributed by atoms with Gasteiger partial charge >= 0.3 is 0 Å². The predicted octanol–water partition coefficient (Wildman–Crippen LogP) is 1.30. The van der Waals surface area contributed by atoms with Crippen LogP contribution in [0.1, 0.15) is 11.7 Å². The van der Waals surface area contributed by atoms with Gasteiger partial charge < -0.3 is 4.52 Å². The average molecular weight is 376 g/mol. The molecule has 0 unspecified atom stereocenters. The molecule has 0 radical (unpaired) electrons. The summed E-state index contributed by atoms with van der Waals surface area (Å²) in [6.45, 7) is 2.94. The van der Waals surface area contributed by atoms with Gasteiger partial charge in [-0.2, -0.15) is 9.29 Å². The van der Waals surface area contributed by atoms with Crippen LogP contribution in [-0.4, -0.2) is 53.9 Å². The third-order valence-electron chi connectivity index (χ3n) is 3.86. The van der Waals surface area contributed by atoms with E-state index in [4.69, 9.17) is 4.52 Å². The summed E-state index contributed by atoms with van der Waals surface area (Å²) in [4.78, 5) is 5.12. The second-order valence-corrected chi connectivity index (χ2v) is 7.51. The van der Waals surface area contributed by atoms with Gasteiger partial charge in [0.2, 0.25) is 15.9 Å². The van der Waals surface area contributed by atoms with E-state index in [1.165, 1.54) is 0 Å². The summed E-state index contributed by atoms with van der Waals surface area (Å²) in [6.07, 6.45) is 0. The lowest BCUT2D eigenvalue weighted by molar-refractivity contribution is 0.176. The minimum Gasteiger partial charge on any atom is -0.340 e. The van der Waals surface area contributed by atoms with Crippen molar-refractivity contribution in [2.45, 2.75) is 18.4 Å². The zero-order valence-electron chi connectivity index (χ0n) is 13.2. The van der Waals surface area contributed by atoms with E-state index in [0.29, 0.717) is 37.4 Å². The molecule has 7 nitrogen and oxygen atoms in total. The number of aromatic nitrogens is 2. The van der Waals surface area contributed by atoms with Crippen molar-refractivity contribution in [2.75, 3.05) is 26.2 Å². The van der Waals surface area contributed by atoms with Gasteiger partial charge in [0.25, 0.3) is 0 Å². The normalized spacial score (nSPS) is 17.1. The molecule has 1 aromatic carbocycles. The zero-order valence-corrected chi connectivity index (χ0v) is 14.1. The van der Waals surface area contributed by atoms with Crippen molar-refractivity contribution in [2.24, 2.45) is 0 Å². The SMILES string of the molecule is Cc1nc(CN2CCN(S(=O)(=O)c3cc(F)c(F)cc3F)CC2)no1. The molecule has 1 fully saturated rings. The van der Waals surface area contributed by atoms with Crippen molar-refractivity contribution in [1.29, 1.82) is 0 Å². The number of benzene rings is 1. The first-order valence-electron chi connectivity index (χ1n) is 7.43. The molecule has 0 atom stereocenters. The fourth-order valence-corrected chi connectivity index (χ4v) is 4.05. The number of sulfonamides is 1. The van der Waals surface area contributed by atoms with Gasteiger partial charge in [0.1, 0.15) is 10.7 Å². The molecule has 11 heteroatoms. The maximum atomic E-state index is 13.8. The lowest BCUT2D eigenvalue weighted by atomic mass is 10.3. The predicted molar refractivity (Wildman–Crippen MR) is 79.4 cm³/mol. The van der Waals surface area contributed by atoms with E-state index in [9.17, 15) is 21.6 Å². The molecule has 0 bridgehead atoms. The van der Waals surface area contributed by atoms with Crippen molar-refractivity contribution < 1.29 is 26.1 Å². The lowest BCUT2D eigenvalue weighted by Crippen LogP contribution is -2.48. The fraction of sp³-hybridized carbons (Fsp3) is 0.429. The van der Waals surface area contributed by atoms with E-state index >= 15 is 0 Å². The van der Waals surface area contributed by atoms with Gasteiger partial charge in [-0.1, -0.05) is 5.16 Å². The van der Waals surface area contributed by atoms with Crippen LogP contribution in [0.15, 0.2) is 21.6 Å². The minimum absolute atomic E-state index is 0.0810. The average Bonchev–Trinajstić information content (AvgIpc) is 2.96. The first-order chi connectivity index (χ1) is 11.8. The van der Waals surface area contributed by atoms with Crippen LogP contribution in [0.3, 0.4) is 0 Å². The van der Waals surface area contributed by atoms with Gasteiger partial charge in [0.05, 0.1) is 6.54 Å². The molecule has 1 aliphatic heterocycles. The third-order valence-corrected chi connectivity index (χ3v) is 5.77. The van der Waals surface area contributed by atoms with Crippen molar-refractivity contribution in [1.82, 2.24) is 19.3 Å². The summed E-state index contributed by atoms with van der Waals surface area (Å²) in [5, 5.41) is 3.77. The van der Waals surface area contributed by atoms with Crippen LogP contribution in [-0.2, 0) is 16.6 Å². The lowest BCUT2D eigenvalue weighted by Gasteiger charge is -2.33. The Morgan fingerprint density at radius 2 is 1.72 bits per heavy atom. The van der Waals surface area contributed by atoms with Gasteiger partial charge in [-0.15, -0.1) is 0 Å². The number of halogens is 3. The Kier molecular flexibility index (Phi) is 4.80. The fourth-order valence-electron chi connectivity index (χ4n) is 2.57. The van der Waals surface area contributed by atoms with Crippen molar-refractivity contribution in [3.8, 4) is 0 Å². The Morgan fingerprint density at radius 1 is 1.08 bits per heavy atom. The van der Waals surface area contributed by atoms with Crippen LogP contribution >= 0.6 is 0 Å². The quantitative estimate of drug-likeness (QED) is 0.749. The van der Waals surface area contributed by atoms with Gasteiger partial charge in [0.15, 0.2) is 17.5 Å². The number of aryl methyl sites for hydroxylation is 1. The zero-order chi connectivity index (χ0) is 18.2. The molecule has 0 aliphatic carbocycles. The summed E-state index contributed by atoms with van der Waals surface area (Å²) in [6, 6.07) is 0.603. The molecule has 1 saturated heterocycles. The van der Waals surface area contributed by atoms with Gasteiger partial charge in [-0.3, -0.25) is 4.90 Å². The number of rotatable bonds is 4. The standard InChI is InChI=1S/C14H15F3N4O3S/c1-9-18-14(19-24-9)8-20-2-4-21(5-3-20)25(22,23)13-7-11(16)10(15)6-12(13)17/h6-7H,2-5,8H2,1H3. The molecule has 136 valence electrons. The maximum absolute atomic E-state index is 13.8. The first kappa shape index (κ1) is 17.8. The molecule has 3 rings (SSSR count). The number of hydrogen-bond acceptors (Lipinski definition) is 6. The highest BCUT2D eigenvalue weighted by atomic mass is 32.2. The molecule has 0 amide bonds. The second kappa shape index (κ2) is 6.73. The third kappa shape index (κ3) is 3.67. The summed E-state index contributed by atoms with van der Waals surface area (Å²) < 4.78 is 71.0. The Hall–Kier alpha value is -1.98. The van der Waals surface area contributed by atoms with Crippen LogP contribution in [0.5, 0.6) is 0 Å². The number of hydrogen-bond donors (Lipinski definition) is 0. The molecular formula is C14H15F3N4O3S. The van der Waals surface area contributed by atoms with Crippen LogP contribution in [0.25, 0.3) is 0 Å². The molecule has 1 aromatic heterocycles. The monoisotopic (exact) mass is 376 g/mol. The first-order valence-corrected chi connectivity index (χ1v) is 8.87. The summed E-state index contributed by atoms with van der Waals surface area (Å²) in [5.41, 5.74) is 0. The van der Waals surface area contributed by atoms with Crippen LogP contribution in [0, 0.1) is 24.4 Å². The van der Waals surface area contributed by atoms with Gasteiger partial charge in [0, 0.05) is 39.2 Å². The topological polar surface area (TPSA) is 79.5 Å². The Labute approximate surface area is 142 Å². The van der Waals surface area contributed by atoms with E-state index < -0.39 is 32.4 Å². The van der Waals surface area contributed by atoms with Crippen molar-refractivity contribution >= 4 is 10.0 Å². The highest BCUT2D eigenvalue weighted by Gasteiger charge is 2.32. The van der Waals surface area contributed by atoms with Crippen molar-refractivity contribution in [3.05, 3.63) is 41.3 Å². The molecule has 0 N–H and O–H groups in total. The van der Waals surface area contributed by atoms with Gasteiger partial charge in [-0.25, -0.2) is 21.6 Å². The largest absolute Gasteiger partial charge is 0.340 e. The van der Waals surface area contributed by atoms with Crippen LogP contribution in [0.4, 0.5) is 13.2 Å². The Morgan fingerprint density at radius 3 is 2.32 bits per heavy atom. The smallest absolute Gasteiger partial charge is 0.246 e. The number of piperazine rings is 1. The second-order valence-electron chi connectivity index (χ2n) is 5.61. The van der Waals surface area contributed by atoms with E-state index in [0.717, 1.165) is 4.31 Å². The van der Waals surface area contributed by atoms with E-state index in [-0.39, 0.29) is 19.2 Å². The molecule has 2 aromatic rings. The summed E-state index contributed by atoms with van der Waals surface area (Å²) in [5.74, 6) is -3.24. The molecule has 25 heavy (non-hydrogen) atoms. The highest BCUT2D eigenvalue weighted by Crippen LogP contribution is 2.23. The Bertz CT molecular complexity index is 879. The maximum Gasteiger partial charge on any atom is 0.246 e. The summed E-state index contributed by atoms with van der Waals surface area (Å²) >= 11 is 0. The van der Waals surface area contributed by atoms with E-state index in [2.05, 4.69) is 10.1 Å². The van der Waals surface area contributed by atoms with Crippen LogP contribution < -0.4 is 0 Å². The molecule has 2 heterocycles. The molecule has 0 spiro atoms. The summed E-state index contributed by atoms with van der Waals surface area (Å²) in [7, 11) is -4.25. The number of nitrogens with zero attached hydrogens (tertiary/aromatic N) is 4. The van der Waals surface area contributed by atoms with E-state index in [1.807, 2.05) is 4.90 Å². The van der Waals surface area contributed by atoms with Crippen molar-refractivity contribution in [3.63, 3.8) is 0 Å². The molecule has 0 saturated carbocycles. The molecular weight excluding hydrogens is 361 g/mol. The van der Waals surface area contributed by atoms with Gasteiger partial charge in [-0.05, 0) is 6.07 Å². The minimum atomic E-state index is -4.25. The Balaban J connectivity index is 1.70.